The quantitative estimate of drug-likeness (QED) is 0.501. The number of nitrogens with one attached hydrogen (secondary N) is 2. The van der Waals surface area contributed by atoms with Gasteiger partial charge in [0, 0.05) is 0 Å². The summed E-state index contributed by atoms with van der Waals surface area (Å²) in [6.07, 6.45) is 0.326. The molecule has 8 nitrogen and oxygen atoms in total. The van der Waals surface area contributed by atoms with Crippen molar-refractivity contribution in [1.82, 2.24) is 15.5 Å². The number of rotatable bonds is 8. The predicted octanol–water partition coefficient (Wildman–Crippen LogP) is 2.26. The van der Waals surface area contributed by atoms with Crippen LogP contribution in [-0.4, -0.2) is 41.9 Å². The molecule has 1 saturated heterocycles. The van der Waals surface area contributed by atoms with E-state index in [1.165, 1.54) is 0 Å². The predicted molar refractivity (Wildman–Crippen MR) is 113 cm³/mol. The van der Waals surface area contributed by atoms with Gasteiger partial charge in [0.1, 0.15) is 12.1 Å². The molecule has 2 aromatic carbocycles. The maximum absolute atomic E-state index is 13.0. The Morgan fingerprint density at radius 2 is 1.68 bits per heavy atom. The maximum Gasteiger partial charge on any atom is 0.326 e. The first-order chi connectivity index (χ1) is 14.9. The lowest BCUT2D eigenvalue weighted by Crippen LogP contribution is -2.44. The molecule has 0 spiro atoms. The Hall–Kier alpha value is -3.68. The molecular weight excluding hydrogens is 398 g/mol. The minimum absolute atomic E-state index is 0.255. The lowest BCUT2D eigenvalue weighted by molar-refractivity contribution is -0.151. The summed E-state index contributed by atoms with van der Waals surface area (Å²) in [6, 6.07) is 17.3. The third-order valence-corrected chi connectivity index (χ3v) is 5.30. The van der Waals surface area contributed by atoms with E-state index in [4.69, 9.17) is 4.74 Å². The molecule has 1 aliphatic heterocycles. The second-order valence-corrected chi connectivity index (χ2v) is 7.31. The van der Waals surface area contributed by atoms with Crippen molar-refractivity contribution in [1.29, 1.82) is 0 Å². The minimum Gasteiger partial charge on any atom is -0.454 e. The summed E-state index contributed by atoms with van der Waals surface area (Å²) in [6.45, 7) is 2.53. The Morgan fingerprint density at radius 1 is 1.06 bits per heavy atom. The molecule has 0 saturated carbocycles. The molecule has 8 heteroatoms. The first-order valence-electron chi connectivity index (χ1n) is 10.1. The Kier molecular flexibility index (Phi) is 6.69. The standard InChI is InChI=1S/C23H25N3O5/c1-3-23(18-12-8-5-9-13-18)21(29)26(22(30)25-23)14-20(28)31-15-19(27)24-16(2)17-10-6-4-7-11-17/h4-13,16H,3,14-15H2,1-2H3,(H,24,27)(H,25,30). The molecule has 2 aromatic rings. The average molecular weight is 423 g/mol. The summed E-state index contributed by atoms with van der Waals surface area (Å²) in [5.41, 5.74) is 0.334. The van der Waals surface area contributed by atoms with Crippen molar-refractivity contribution < 1.29 is 23.9 Å². The molecule has 1 heterocycles. The fraction of sp³-hybridized carbons (Fsp3) is 0.304. The van der Waals surface area contributed by atoms with Crippen LogP contribution < -0.4 is 10.6 Å². The smallest absolute Gasteiger partial charge is 0.326 e. The number of amides is 4. The van der Waals surface area contributed by atoms with E-state index in [2.05, 4.69) is 10.6 Å². The molecule has 0 bridgehead atoms. The van der Waals surface area contributed by atoms with Gasteiger partial charge in [-0.2, -0.15) is 0 Å². The summed E-state index contributed by atoms with van der Waals surface area (Å²) in [5.74, 6) is -1.84. The number of nitrogens with zero attached hydrogens (tertiary/aromatic N) is 1. The highest BCUT2D eigenvalue weighted by atomic mass is 16.5. The molecule has 162 valence electrons. The van der Waals surface area contributed by atoms with E-state index >= 15 is 0 Å². The molecule has 1 aliphatic rings. The van der Waals surface area contributed by atoms with Crippen molar-refractivity contribution in [3.63, 3.8) is 0 Å². The van der Waals surface area contributed by atoms with Crippen LogP contribution in [0.3, 0.4) is 0 Å². The van der Waals surface area contributed by atoms with E-state index in [0.717, 1.165) is 10.5 Å². The number of carbonyl (C=O) groups is 4. The highest BCUT2D eigenvalue weighted by Crippen LogP contribution is 2.32. The zero-order valence-corrected chi connectivity index (χ0v) is 17.5. The van der Waals surface area contributed by atoms with Crippen molar-refractivity contribution >= 4 is 23.8 Å². The number of urea groups is 1. The number of benzene rings is 2. The van der Waals surface area contributed by atoms with Crippen molar-refractivity contribution in [3.8, 4) is 0 Å². The van der Waals surface area contributed by atoms with E-state index in [1.807, 2.05) is 43.3 Å². The summed E-state index contributed by atoms with van der Waals surface area (Å²) in [5, 5.41) is 5.43. The highest BCUT2D eigenvalue weighted by Gasteiger charge is 2.51. The molecule has 0 aliphatic carbocycles. The van der Waals surface area contributed by atoms with Crippen LogP contribution in [0, 0.1) is 0 Å². The molecule has 2 N–H and O–H groups in total. The number of carbonyl (C=O) groups excluding carboxylic acids is 4. The molecule has 0 radical (unpaired) electrons. The Labute approximate surface area is 180 Å². The van der Waals surface area contributed by atoms with E-state index in [1.54, 1.807) is 31.2 Å². The van der Waals surface area contributed by atoms with E-state index in [-0.39, 0.29) is 6.04 Å². The van der Waals surface area contributed by atoms with Crippen LogP contribution in [0.4, 0.5) is 4.79 Å². The molecule has 1 fully saturated rings. The Morgan fingerprint density at radius 3 is 2.29 bits per heavy atom. The van der Waals surface area contributed by atoms with Crippen LogP contribution in [0.5, 0.6) is 0 Å². The van der Waals surface area contributed by atoms with Gasteiger partial charge >= 0.3 is 12.0 Å². The number of hydrogen-bond acceptors (Lipinski definition) is 5. The summed E-state index contributed by atoms with van der Waals surface area (Å²) < 4.78 is 4.98. The highest BCUT2D eigenvalue weighted by molar-refractivity contribution is 6.09. The first kappa shape index (κ1) is 22.0. The van der Waals surface area contributed by atoms with Crippen molar-refractivity contribution in [2.45, 2.75) is 31.8 Å². The number of esters is 1. The van der Waals surface area contributed by atoms with Crippen LogP contribution in [0.15, 0.2) is 60.7 Å². The number of ether oxygens (including phenoxy) is 1. The van der Waals surface area contributed by atoms with Gasteiger partial charge in [-0.15, -0.1) is 0 Å². The maximum atomic E-state index is 13.0. The third kappa shape index (κ3) is 4.74. The first-order valence-corrected chi connectivity index (χ1v) is 10.1. The minimum atomic E-state index is -1.22. The number of hydrogen-bond donors (Lipinski definition) is 2. The van der Waals surface area contributed by atoms with Crippen LogP contribution in [0.1, 0.15) is 37.4 Å². The Bertz CT molecular complexity index is 964. The van der Waals surface area contributed by atoms with Crippen LogP contribution in [0.2, 0.25) is 0 Å². The molecule has 3 rings (SSSR count). The summed E-state index contributed by atoms with van der Waals surface area (Å²) in [7, 11) is 0. The second-order valence-electron chi connectivity index (χ2n) is 7.31. The van der Waals surface area contributed by atoms with Gasteiger partial charge in [-0.1, -0.05) is 67.6 Å². The molecular formula is C23H25N3O5. The average Bonchev–Trinajstić information content (AvgIpc) is 3.04. The monoisotopic (exact) mass is 423 g/mol. The van der Waals surface area contributed by atoms with Crippen molar-refractivity contribution in [3.05, 3.63) is 71.8 Å². The van der Waals surface area contributed by atoms with Gasteiger partial charge in [0.05, 0.1) is 6.04 Å². The van der Waals surface area contributed by atoms with Gasteiger partial charge in [0.2, 0.25) is 0 Å². The van der Waals surface area contributed by atoms with E-state index in [0.29, 0.717) is 12.0 Å². The van der Waals surface area contributed by atoms with Crippen molar-refractivity contribution in [2.24, 2.45) is 0 Å². The van der Waals surface area contributed by atoms with Crippen LogP contribution in [0.25, 0.3) is 0 Å². The van der Waals surface area contributed by atoms with E-state index < -0.39 is 42.5 Å². The van der Waals surface area contributed by atoms with Gasteiger partial charge < -0.3 is 15.4 Å². The van der Waals surface area contributed by atoms with Gasteiger partial charge in [0.25, 0.3) is 11.8 Å². The molecule has 2 unspecified atom stereocenters. The summed E-state index contributed by atoms with van der Waals surface area (Å²) >= 11 is 0. The van der Waals surface area contributed by atoms with Gasteiger partial charge in [-0.3, -0.25) is 19.3 Å². The van der Waals surface area contributed by atoms with Crippen LogP contribution in [-0.2, 0) is 24.7 Å². The fourth-order valence-electron chi connectivity index (χ4n) is 3.56. The second kappa shape index (κ2) is 9.42. The molecule has 2 atom stereocenters. The lowest BCUT2D eigenvalue weighted by atomic mass is 9.87. The molecule has 4 amide bonds. The number of imide groups is 1. The largest absolute Gasteiger partial charge is 0.454 e. The SMILES string of the molecule is CCC1(c2ccccc2)NC(=O)N(CC(=O)OCC(=O)NC(C)c2ccccc2)C1=O. The summed E-state index contributed by atoms with van der Waals surface area (Å²) in [4.78, 5) is 50.5. The zero-order chi connectivity index (χ0) is 22.4. The Balaban J connectivity index is 1.56. The molecule has 31 heavy (non-hydrogen) atoms. The van der Waals surface area contributed by atoms with Crippen molar-refractivity contribution in [2.75, 3.05) is 13.2 Å². The molecule has 0 aromatic heterocycles. The van der Waals surface area contributed by atoms with E-state index in [9.17, 15) is 19.2 Å². The fourth-order valence-corrected chi connectivity index (χ4v) is 3.56. The normalized spacial score (nSPS) is 19.0. The van der Waals surface area contributed by atoms with Gasteiger partial charge in [-0.25, -0.2) is 4.79 Å². The van der Waals surface area contributed by atoms with Gasteiger partial charge in [0.15, 0.2) is 6.61 Å². The van der Waals surface area contributed by atoms with Gasteiger partial charge in [-0.05, 0) is 24.5 Å². The third-order valence-electron chi connectivity index (χ3n) is 5.30. The zero-order valence-electron chi connectivity index (χ0n) is 17.5. The van der Waals surface area contributed by atoms with Crippen LogP contribution >= 0.6 is 0 Å². The lowest BCUT2D eigenvalue weighted by Gasteiger charge is -2.25. The topological polar surface area (TPSA) is 105 Å².